The Morgan fingerprint density at radius 2 is 2.54 bits per heavy atom. The van der Waals surface area contributed by atoms with E-state index in [0.29, 0.717) is 6.04 Å². The van der Waals surface area contributed by atoms with Crippen LogP contribution in [0.15, 0.2) is 12.4 Å². The van der Waals surface area contributed by atoms with Crippen molar-refractivity contribution in [2.75, 3.05) is 16.8 Å². The Bertz CT molecular complexity index is 284. The maximum Gasteiger partial charge on any atom is 0.205 e. The van der Waals surface area contributed by atoms with Gasteiger partial charge in [-0.05, 0) is 12.8 Å². The average Bonchev–Trinajstić information content (AvgIpc) is 2.71. The van der Waals surface area contributed by atoms with Crippen LogP contribution < -0.4 is 4.90 Å². The maximum atomic E-state index is 4.36. The van der Waals surface area contributed by atoms with Gasteiger partial charge in [-0.2, -0.15) is 0 Å². The molecule has 13 heavy (non-hydrogen) atoms. The van der Waals surface area contributed by atoms with Gasteiger partial charge in [0.05, 0.1) is 0 Å². The second kappa shape index (κ2) is 3.70. The predicted molar refractivity (Wildman–Crippen MR) is 57.4 cm³/mol. The molecule has 2 heterocycles. The predicted octanol–water partition coefficient (Wildman–Crippen LogP) is 1.78. The summed E-state index contributed by atoms with van der Waals surface area (Å²) in [6.07, 6.45) is 6.42. The second-order valence-electron chi connectivity index (χ2n) is 3.48. The number of imidazole rings is 1. The minimum Gasteiger partial charge on any atom is -0.338 e. The number of hydrogen-bond acceptors (Lipinski definition) is 2. The van der Waals surface area contributed by atoms with Crippen molar-refractivity contribution in [2.45, 2.75) is 18.9 Å². The number of hydrogen-bond donors (Lipinski definition) is 0. The number of halogens is 1. The van der Waals surface area contributed by atoms with Gasteiger partial charge in [-0.15, -0.1) is 0 Å². The monoisotopic (exact) mass is 243 g/mol. The van der Waals surface area contributed by atoms with E-state index in [4.69, 9.17) is 0 Å². The highest BCUT2D eigenvalue weighted by atomic mass is 79.9. The molecule has 1 saturated heterocycles. The van der Waals surface area contributed by atoms with Crippen molar-refractivity contribution >= 4 is 21.9 Å². The lowest BCUT2D eigenvalue weighted by molar-refractivity contribution is 0.711. The van der Waals surface area contributed by atoms with Crippen molar-refractivity contribution in [2.24, 2.45) is 7.05 Å². The lowest BCUT2D eigenvalue weighted by Crippen LogP contribution is -2.32. The van der Waals surface area contributed by atoms with Crippen molar-refractivity contribution in [3.8, 4) is 0 Å². The SMILES string of the molecule is Cn1ccnc1N1CCCC1CBr. The third-order valence-electron chi connectivity index (χ3n) is 2.61. The van der Waals surface area contributed by atoms with Gasteiger partial charge in [0.2, 0.25) is 5.95 Å². The van der Waals surface area contributed by atoms with Crippen LogP contribution in [0.1, 0.15) is 12.8 Å². The van der Waals surface area contributed by atoms with Crippen molar-refractivity contribution in [3.63, 3.8) is 0 Å². The highest BCUT2D eigenvalue weighted by Gasteiger charge is 2.25. The molecule has 1 aromatic rings. The Balaban J connectivity index is 2.20. The molecule has 0 radical (unpaired) electrons. The van der Waals surface area contributed by atoms with Gasteiger partial charge >= 0.3 is 0 Å². The van der Waals surface area contributed by atoms with E-state index >= 15 is 0 Å². The zero-order chi connectivity index (χ0) is 9.26. The first-order valence-corrected chi connectivity index (χ1v) is 5.75. The summed E-state index contributed by atoms with van der Waals surface area (Å²) in [4.78, 5) is 6.75. The van der Waals surface area contributed by atoms with Crippen molar-refractivity contribution in [3.05, 3.63) is 12.4 Å². The fourth-order valence-electron chi connectivity index (χ4n) is 1.89. The van der Waals surface area contributed by atoms with Gasteiger partial charge in [-0.3, -0.25) is 0 Å². The molecule has 0 N–H and O–H groups in total. The topological polar surface area (TPSA) is 21.1 Å². The Kier molecular flexibility index (Phi) is 2.58. The fourth-order valence-corrected chi connectivity index (χ4v) is 2.57. The summed E-state index contributed by atoms with van der Waals surface area (Å²) in [5, 5.41) is 1.04. The van der Waals surface area contributed by atoms with E-state index in [9.17, 15) is 0 Å². The maximum absolute atomic E-state index is 4.36. The first-order chi connectivity index (χ1) is 6.33. The number of anilines is 1. The molecule has 0 bridgehead atoms. The lowest BCUT2D eigenvalue weighted by Gasteiger charge is -2.23. The number of rotatable bonds is 2. The molecule has 1 unspecified atom stereocenters. The summed E-state index contributed by atoms with van der Waals surface area (Å²) in [6.45, 7) is 1.14. The molecule has 4 heteroatoms. The van der Waals surface area contributed by atoms with Gasteiger partial charge in [0, 0.05) is 37.4 Å². The van der Waals surface area contributed by atoms with E-state index in [1.165, 1.54) is 12.8 Å². The normalized spacial score (nSPS) is 22.6. The first-order valence-electron chi connectivity index (χ1n) is 4.63. The largest absolute Gasteiger partial charge is 0.338 e. The van der Waals surface area contributed by atoms with Gasteiger partial charge in [-0.25, -0.2) is 4.98 Å². The molecule has 1 atom stereocenters. The summed E-state index contributed by atoms with van der Waals surface area (Å²) in [5.74, 6) is 1.10. The van der Waals surface area contributed by atoms with Crippen LogP contribution in [0.4, 0.5) is 5.95 Å². The van der Waals surface area contributed by atoms with Crippen LogP contribution in [0.25, 0.3) is 0 Å². The Morgan fingerprint density at radius 3 is 3.15 bits per heavy atom. The average molecular weight is 244 g/mol. The molecule has 0 amide bonds. The highest BCUT2D eigenvalue weighted by Crippen LogP contribution is 2.24. The number of aryl methyl sites for hydroxylation is 1. The minimum absolute atomic E-state index is 0.626. The molecule has 2 rings (SSSR count). The quantitative estimate of drug-likeness (QED) is 0.739. The van der Waals surface area contributed by atoms with Gasteiger partial charge in [0.25, 0.3) is 0 Å². The highest BCUT2D eigenvalue weighted by molar-refractivity contribution is 9.09. The van der Waals surface area contributed by atoms with E-state index in [1.807, 2.05) is 19.4 Å². The smallest absolute Gasteiger partial charge is 0.205 e. The standard InChI is InChI=1S/C9H14BrN3/c1-12-6-4-11-9(12)13-5-2-3-8(13)7-10/h4,6,8H,2-3,5,7H2,1H3. The zero-order valence-corrected chi connectivity index (χ0v) is 9.37. The van der Waals surface area contributed by atoms with E-state index in [2.05, 4.69) is 30.4 Å². The molecule has 1 aliphatic heterocycles. The van der Waals surface area contributed by atoms with Crippen LogP contribution >= 0.6 is 15.9 Å². The lowest BCUT2D eigenvalue weighted by atomic mass is 10.2. The molecule has 1 aromatic heterocycles. The Morgan fingerprint density at radius 1 is 1.69 bits per heavy atom. The molecule has 3 nitrogen and oxygen atoms in total. The van der Waals surface area contributed by atoms with E-state index < -0.39 is 0 Å². The number of alkyl halides is 1. The third kappa shape index (κ3) is 1.59. The number of nitrogens with zero attached hydrogens (tertiary/aromatic N) is 3. The first kappa shape index (κ1) is 9.06. The Hall–Kier alpha value is -0.510. The van der Waals surface area contributed by atoms with E-state index in [0.717, 1.165) is 17.8 Å². The van der Waals surface area contributed by atoms with Gasteiger partial charge in [0.15, 0.2) is 0 Å². The second-order valence-corrected chi connectivity index (χ2v) is 4.13. The van der Waals surface area contributed by atoms with Crippen LogP contribution in [-0.4, -0.2) is 27.5 Å². The molecule has 0 spiro atoms. The summed E-state index contributed by atoms with van der Waals surface area (Å²) in [6, 6.07) is 0.626. The molecule has 72 valence electrons. The summed E-state index contributed by atoms with van der Waals surface area (Å²) < 4.78 is 2.08. The minimum atomic E-state index is 0.626. The number of aromatic nitrogens is 2. The summed E-state index contributed by atoms with van der Waals surface area (Å²) in [5.41, 5.74) is 0. The van der Waals surface area contributed by atoms with Crippen molar-refractivity contribution in [1.82, 2.24) is 9.55 Å². The third-order valence-corrected chi connectivity index (χ3v) is 3.36. The van der Waals surface area contributed by atoms with E-state index in [1.54, 1.807) is 0 Å². The van der Waals surface area contributed by atoms with Gasteiger partial charge in [-0.1, -0.05) is 15.9 Å². The van der Waals surface area contributed by atoms with Crippen LogP contribution in [0.2, 0.25) is 0 Å². The fraction of sp³-hybridized carbons (Fsp3) is 0.667. The van der Waals surface area contributed by atoms with Crippen molar-refractivity contribution in [1.29, 1.82) is 0 Å². The van der Waals surface area contributed by atoms with Gasteiger partial charge in [0.1, 0.15) is 0 Å². The molecular weight excluding hydrogens is 230 g/mol. The van der Waals surface area contributed by atoms with Gasteiger partial charge < -0.3 is 9.47 Å². The van der Waals surface area contributed by atoms with Crippen LogP contribution in [0.3, 0.4) is 0 Å². The van der Waals surface area contributed by atoms with Crippen molar-refractivity contribution < 1.29 is 0 Å². The molecule has 0 saturated carbocycles. The molecule has 1 fully saturated rings. The summed E-state index contributed by atoms with van der Waals surface area (Å²) in [7, 11) is 2.05. The molecule has 0 aliphatic carbocycles. The zero-order valence-electron chi connectivity index (χ0n) is 7.78. The molecule has 0 aromatic carbocycles. The van der Waals surface area contributed by atoms with Crippen LogP contribution in [-0.2, 0) is 7.05 Å². The Labute approximate surface area is 86.9 Å². The molecular formula is C9H14BrN3. The van der Waals surface area contributed by atoms with E-state index in [-0.39, 0.29) is 0 Å². The van der Waals surface area contributed by atoms with Crippen LogP contribution in [0.5, 0.6) is 0 Å². The molecule has 1 aliphatic rings. The summed E-state index contributed by atoms with van der Waals surface area (Å²) >= 11 is 3.55. The van der Waals surface area contributed by atoms with Crippen LogP contribution in [0, 0.1) is 0 Å².